The minimum Gasteiger partial charge on any atom is -0.326 e. The molecule has 1 aliphatic heterocycles. The number of halogens is 1. The number of hydrogen-bond acceptors (Lipinski definition) is 2. The molecule has 1 atom stereocenters. The lowest BCUT2D eigenvalue weighted by molar-refractivity contribution is 0.154. The topological polar surface area (TPSA) is 29.3 Å². The first-order valence-electron chi connectivity index (χ1n) is 5.75. The predicted molar refractivity (Wildman–Crippen MR) is 68.5 cm³/mol. The zero-order chi connectivity index (χ0) is 11.8. The molecular weight excluding hydrogens is 220 g/mol. The van der Waals surface area contributed by atoms with Gasteiger partial charge >= 0.3 is 0 Å². The average Bonchev–Trinajstić information content (AvgIpc) is 2.48. The normalized spacial score (nSPS) is 24.9. The molecule has 0 amide bonds. The Morgan fingerprint density at radius 1 is 1.38 bits per heavy atom. The van der Waals surface area contributed by atoms with Crippen LogP contribution < -0.4 is 5.73 Å². The van der Waals surface area contributed by atoms with Gasteiger partial charge in [-0.1, -0.05) is 23.7 Å². The van der Waals surface area contributed by atoms with E-state index < -0.39 is 0 Å². The van der Waals surface area contributed by atoms with Gasteiger partial charge < -0.3 is 5.73 Å². The van der Waals surface area contributed by atoms with Crippen LogP contribution in [0, 0.1) is 0 Å². The first-order valence-corrected chi connectivity index (χ1v) is 6.13. The fourth-order valence-corrected chi connectivity index (χ4v) is 2.39. The molecule has 1 heterocycles. The van der Waals surface area contributed by atoms with Crippen molar-refractivity contribution in [1.82, 2.24) is 4.90 Å². The summed E-state index contributed by atoms with van der Waals surface area (Å²) in [4.78, 5) is 2.45. The van der Waals surface area contributed by atoms with Crippen LogP contribution in [0.25, 0.3) is 0 Å². The van der Waals surface area contributed by atoms with Gasteiger partial charge in [0.2, 0.25) is 0 Å². The lowest BCUT2D eigenvalue weighted by Gasteiger charge is -2.34. The summed E-state index contributed by atoms with van der Waals surface area (Å²) in [6.45, 7) is 6.48. The van der Waals surface area contributed by atoms with Gasteiger partial charge in [0, 0.05) is 29.7 Å². The third-order valence-electron chi connectivity index (χ3n) is 3.72. The van der Waals surface area contributed by atoms with Crippen molar-refractivity contribution < 1.29 is 0 Å². The van der Waals surface area contributed by atoms with Crippen LogP contribution in [0.2, 0.25) is 5.02 Å². The molecule has 2 rings (SSSR count). The van der Waals surface area contributed by atoms with Gasteiger partial charge in [-0.05, 0) is 38.0 Å². The van der Waals surface area contributed by atoms with Crippen molar-refractivity contribution >= 4 is 11.6 Å². The summed E-state index contributed by atoms with van der Waals surface area (Å²) in [6.07, 6.45) is 1.08. The van der Waals surface area contributed by atoms with Gasteiger partial charge in [-0.25, -0.2) is 0 Å². The minimum atomic E-state index is 0.0969. The summed E-state index contributed by atoms with van der Waals surface area (Å²) in [6, 6.07) is 8.34. The van der Waals surface area contributed by atoms with Gasteiger partial charge in [0.15, 0.2) is 0 Å². The molecule has 0 radical (unpaired) electrons. The summed E-state index contributed by atoms with van der Waals surface area (Å²) in [5.41, 5.74) is 7.51. The Morgan fingerprint density at radius 3 is 2.50 bits per heavy atom. The highest BCUT2D eigenvalue weighted by Gasteiger charge is 2.38. The predicted octanol–water partition coefficient (Wildman–Crippen LogP) is 2.65. The van der Waals surface area contributed by atoms with Crippen LogP contribution in [-0.2, 0) is 6.54 Å². The Kier molecular flexibility index (Phi) is 3.24. The van der Waals surface area contributed by atoms with Crippen molar-refractivity contribution in [3.63, 3.8) is 0 Å². The van der Waals surface area contributed by atoms with Crippen LogP contribution in [0.1, 0.15) is 25.8 Å². The van der Waals surface area contributed by atoms with Crippen molar-refractivity contribution in [3.05, 3.63) is 34.9 Å². The molecule has 0 spiro atoms. The van der Waals surface area contributed by atoms with Crippen LogP contribution in [-0.4, -0.2) is 23.0 Å². The summed E-state index contributed by atoms with van der Waals surface area (Å²) in [5, 5.41) is 0.793. The quantitative estimate of drug-likeness (QED) is 0.859. The maximum Gasteiger partial charge on any atom is 0.0406 e. The van der Waals surface area contributed by atoms with Gasteiger partial charge in [-0.3, -0.25) is 4.90 Å². The fourth-order valence-electron chi connectivity index (χ4n) is 2.26. The van der Waals surface area contributed by atoms with Crippen molar-refractivity contribution in [2.45, 2.75) is 38.4 Å². The van der Waals surface area contributed by atoms with Crippen LogP contribution in [0.4, 0.5) is 0 Å². The van der Waals surface area contributed by atoms with Gasteiger partial charge in [0.05, 0.1) is 0 Å². The van der Waals surface area contributed by atoms with Crippen molar-refractivity contribution in [2.75, 3.05) is 6.54 Å². The standard InChI is InChI=1S/C13H19ClN2/c1-13(2)12(15)7-8-16(13)9-10-3-5-11(14)6-4-10/h3-6,12H,7-9,15H2,1-2H3. The third kappa shape index (κ3) is 2.24. The first kappa shape index (κ1) is 11.9. The molecule has 0 aliphatic carbocycles. The van der Waals surface area contributed by atoms with E-state index in [0.717, 1.165) is 24.5 Å². The smallest absolute Gasteiger partial charge is 0.0406 e. The molecule has 1 fully saturated rings. The highest BCUT2D eigenvalue weighted by Crippen LogP contribution is 2.29. The lowest BCUT2D eigenvalue weighted by Crippen LogP contribution is -2.48. The molecule has 1 unspecified atom stereocenters. The van der Waals surface area contributed by atoms with Gasteiger partial charge in [0.1, 0.15) is 0 Å². The Balaban J connectivity index is 2.08. The first-order chi connectivity index (χ1) is 7.50. The van der Waals surface area contributed by atoms with E-state index in [4.69, 9.17) is 17.3 Å². The van der Waals surface area contributed by atoms with Crippen LogP contribution in [0.15, 0.2) is 24.3 Å². The second-order valence-corrected chi connectivity index (χ2v) is 5.53. The molecule has 1 aromatic rings. The molecule has 1 aliphatic rings. The zero-order valence-corrected chi connectivity index (χ0v) is 10.7. The van der Waals surface area contributed by atoms with E-state index in [9.17, 15) is 0 Å². The maximum atomic E-state index is 6.12. The van der Waals surface area contributed by atoms with Gasteiger partial charge in [0.25, 0.3) is 0 Å². The molecule has 0 aromatic heterocycles. The van der Waals surface area contributed by atoms with E-state index in [1.54, 1.807) is 0 Å². The zero-order valence-electron chi connectivity index (χ0n) is 9.91. The van der Waals surface area contributed by atoms with Crippen LogP contribution in [0.3, 0.4) is 0 Å². The van der Waals surface area contributed by atoms with E-state index in [-0.39, 0.29) is 11.6 Å². The van der Waals surface area contributed by atoms with Crippen molar-refractivity contribution in [1.29, 1.82) is 0 Å². The molecule has 0 bridgehead atoms. The Hall–Kier alpha value is -0.570. The van der Waals surface area contributed by atoms with E-state index in [2.05, 4.69) is 30.9 Å². The van der Waals surface area contributed by atoms with Gasteiger partial charge in [-0.2, -0.15) is 0 Å². The molecular formula is C13H19ClN2. The van der Waals surface area contributed by atoms with Crippen molar-refractivity contribution in [3.8, 4) is 0 Å². The highest BCUT2D eigenvalue weighted by molar-refractivity contribution is 6.30. The number of rotatable bonds is 2. The van der Waals surface area contributed by atoms with Crippen LogP contribution >= 0.6 is 11.6 Å². The Morgan fingerprint density at radius 2 is 2.00 bits per heavy atom. The van der Waals surface area contributed by atoms with E-state index >= 15 is 0 Å². The van der Waals surface area contributed by atoms with Gasteiger partial charge in [-0.15, -0.1) is 0 Å². The molecule has 16 heavy (non-hydrogen) atoms. The Bertz CT molecular complexity index is 359. The average molecular weight is 239 g/mol. The molecule has 3 heteroatoms. The number of benzene rings is 1. The number of likely N-dealkylation sites (tertiary alicyclic amines) is 1. The molecule has 1 aromatic carbocycles. The number of nitrogens with zero attached hydrogens (tertiary/aromatic N) is 1. The third-order valence-corrected chi connectivity index (χ3v) is 3.97. The van der Waals surface area contributed by atoms with E-state index in [0.29, 0.717) is 0 Å². The summed E-state index contributed by atoms with van der Waals surface area (Å²) >= 11 is 5.87. The second-order valence-electron chi connectivity index (χ2n) is 5.10. The Labute approximate surface area is 102 Å². The minimum absolute atomic E-state index is 0.0969. The molecule has 2 nitrogen and oxygen atoms in total. The molecule has 2 N–H and O–H groups in total. The SMILES string of the molecule is CC1(C)C(N)CCN1Cc1ccc(Cl)cc1. The van der Waals surface area contributed by atoms with E-state index in [1.165, 1.54) is 5.56 Å². The molecule has 88 valence electrons. The second kappa shape index (κ2) is 4.36. The largest absolute Gasteiger partial charge is 0.326 e. The highest BCUT2D eigenvalue weighted by atomic mass is 35.5. The summed E-state index contributed by atoms with van der Waals surface area (Å²) < 4.78 is 0. The van der Waals surface area contributed by atoms with E-state index in [1.807, 2.05) is 12.1 Å². The summed E-state index contributed by atoms with van der Waals surface area (Å²) in [7, 11) is 0. The lowest BCUT2D eigenvalue weighted by atomic mass is 9.96. The fraction of sp³-hybridized carbons (Fsp3) is 0.538. The maximum absolute atomic E-state index is 6.12. The number of hydrogen-bond donors (Lipinski definition) is 1. The summed E-state index contributed by atoms with van der Waals surface area (Å²) in [5.74, 6) is 0. The number of nitrogens with two attached hydrogens (primary N) is 1. The molecule has 0 saturated carbocycles. The molecule has 1 saturated heterocycles. The van der Waals surface area contributed by atoms with Crippen LogP contribution in [0.5, 0.6) is 0 Å². The monoisotopic (exact) mass is 238 g/mol. The van der Waals surface area contributed by atoms with Crippen molar-refractivity contribution in [2.24, 2.45) is 5.73 Å².